The number of anilines is 1. The van der Waals surface area contributed by atoms with Gasteiger partial charge in [0.25, 0.3) is 5.91 Å². The van der Waals surface area contributed by atoms with Crippen LogP contribution < -0.4 is 14.4 Å². The highest BCUT2D eigenvalue weighted by Gasteiger charge is 2.26. The third-order valence-electron chi connectivity index (χ3n) is 5.59. The van der Waals surface area contributed by atoms with Crippen LogP contribution in [-0.2, 0) is 0 Å². The van der Waals surface area contributed by atoms with Crippen molar-refractivity contribution in [2.45, 2.75) is 0 Å². The zero-order chi connectivity index (χ0) is 22.8. The fourth-order valence-electron chi connectivity index (χ4n) is 3.86. The molecule has 0 bridgehead atoms. The number of carbonyl (C=O) groups excluding carboxylic acids is 1. The summed E-state index contributed by atoms with van der Waals surface area (Å²) < 4.78 is 12.3. The standard InChI is InChI=1S/C25H22ClN3O3S/c1-31-21-12-11-19(26)23-22(21)27-25(33-23)29-15-13-28(14-16-29)24(30)18-9-5-6-10-20(18)32-17-7-3-2-4-8-17/h2-12H,13-16H2,1H3. The molecular weight excluding hydrogens is 458 g/mol. The Balaban J connectivity index is 1.31. The summed E-state index contributed by atoms with van der Waals surface area (Å²) in [6.45, 7) is 2.57. The minimum absolute atomic E-state index is 0.0322. The molecule has 0 N–H and O–H groups in total. The number of rotatable bonds is 5. The molecule has 2 heterocycles. The van der Waals surface area contributed by atoms with Crippen molar-refractivity contribution < 1.29 is 14.3 Å². The number of ether oxygens (including phenoxy) is 2. The molecule has 0 aliphatic carbocycles. The summed E-state index contributed by atoms with van der Waals surface area (Å²) in [6, 6.07) is 20.5. The van der Waals surface area contributed by atoms with Crippen molar-refractivity contribution in [3.8, 4) is 17.2 Å². The van der Waals surface area contributed by atoms with E-state index < -0.39 is 0 Å². The predicted molar refractivity (Wildman–Crippen MR) is 132 cm³/mol. The summed E-state index contributed by atoms with van der Waals surface area (Å²) in [5.41, 5.74) is 1.34. The van der Waals surface area contributed by atoms with E-state index in [-0.39, 0.29) is 5.91 Å². The zero-order valence-corrected chi connectivity index (χ0v) is 19.6. The lowest BCUT2D eigenvalue weighted by Gasteiger charge is -2.34. The van der Waals surface area contributed by atoms with Gasteiger partial charge in [-0.1, -0.05) is 53.3 Å². The molecule has 5 rings (SSSR count). The van der Waals surface area contributed by atoms with Gasteiger partial charge in [0.1, 0.15) is 22.8 Å². The molecule has 0 spiro atoms. The number of para-hydroxylation sites is 2. The van der Waals surface area contributed by atoms with Crippen LogP contribution in [0.4, 0.5) is 5.13 Å². The van der Waals surface area contributed by atoms with Gasteiger partial charge in [0.05, 0.1) is 22.4 Å². The summed E-state index contributed by atoms with van der Waals surface area (Å²) >= 11 is 7.92. The molecule has 0 atom stereocenters. The average molecular weight is 480 g/mol. The Bertz CT molecular complexity index is 1290. The molecule has 1 amide bonds. The highest BCUT2D eigenvalue weighted by atomic mass is 35.5. The third kappa shape index (κ3) is 4.34. The lowest BCUT2D eigenvalue weighted by Crippen LogP contribution is -2.48. The molecule has 3 aromatic carbocycles. The van der Waals surface area contributed by atoms with Crippen molar-refractivity contribution in [1.29, 1.82) is 0 Å². The molecule has 33 heavy (non-hydrogen) atoms. The number of aromatic nitrogens is 1. The number of benzene rings is 3. The van der Waals surface area contributed by atoms with E-state index in [0.29, 0.717) is 54.0 Å². The Kier molecular flexibility index (Phi) is 6.07. The van der Waals surface area contributed by atoms with Crippen LogP contribution in [0.15, 0.2) is 66.7 Å². The molecular formula is C25H22ClN3O3S. The number of thiazole rings is 1. The molecule has 1 aliphatic heterocycles. The van der Waals surface area contributed by atoms with E-state index in [4.69, 9.17) is 26.1 Å². The van der Waals surface area contributed by atoms with Crippen LogP contribution in [0, 0.1) is 0 Å². The first kappa shape index (κ1) is 21.6. The van der Waals surface area contributed by atoms with Gasteiger partial charge in [-0.2, -0.15) is 0 Å². The van der Waals surface area contributed by atoms with Crippen molar-refractivity contribution in [3.63, 3.8) is 0 Å². The van der Waals surface area contributed by atoms with Crippen molar-refractivity contribution in [3.05, 3.63) is 77.3 Å². The molecule has 8 heteroatoms. The number of hydrogen-bond acceptors (Lipinski definition) is 6. The Morgan fingerprint density at radius 1 is 0.939 bits per heavy atom. The van der Waals surface area contributed by atoms with Crippen LogP contribution in [0.2, 0.25) is 5.02 Å². The second-order valence-corrected chi connectivity index (χ2v) is 9.00. The summed E-state index contributed by atoms with van der Waals surface area (Å²) in [4.78, 5) is 22.1. The predicted octanol–water partition coefficient (Wildman–Crippen LogP) is 5.71. The minimum Gasteiger partial charge on any atom is -0.494 e. The van der Waals surface area contributed by atoms with Crippen LogP contribution in [-0.4, -0.2) is 49.1 Å². The van der Waals surface area contributed by atoms with E-state index in [9.17, 15) is 4.79 Å². The average Bonchev–Trinajstić information content (AvgIpc) is 3.32. The molecule has 0 saturated carbocycles. The number of methoxy groups -OCH3 is 1. The van der Waals surface area contributed by atoms with E-state index >= 15 is 0 Å². The molecule has 1 saturated heterocycles. The van der Waals surface area contributed by atoms with Gasteiger partial charge in [0.2, 0.25) is 0 Å². The number of fused-ring (bicyclic) bond motifs is 1. The Morgan fingerprint density at radius 3 is 2.42 bits per heavy atom. The second kappa shape index (κ2) is 9.29. The van der Waals surface area contributed by atoms with E-state index in [0.717, 1.165) is 15.3 Å². The normalized spacial score (nSPS) is 13.9. The SMILES string of the molecule is COc1ccc(Cl)c2sc(N3CCN(C(=O)c4ccccc4Oc4ccccc4)CC3)nc12. The van der Waals surface area contributed by atoms with Crippen LogP contribution in [0.5, 0.6) is 17.2 Å². The number of carbonyl (C=O) groups is 1. The number of hydrogen-bond donors (Lipinski definition) is 0. The zero-order valence-electron chi connectivity index (χ0n) is 18.0. The maximum atomic E-state index is 13.3. The van der Waals surface area contributed by atoms with Crippen molar-refractivity contribution in [2.24, 2.45) is 0 Å². The minimum atomic E-state index is -0.0322. The van der Waals surface area contributed by atoms with Gasteiger partial charge in [-0.3, -0.25) is 4.79 Å². The fourth-order valence-corrected chi connectivity index (χ4v) is 5.17. The van der Waals surface area contributed by atoms with E-state index in [1.54, 1.807) is 18.4 Å². The first-order valence-electron chi connectivity index (χ1n) is 10.6. The molecule has 1 fully saturated rings. The van der Waals surface area contributed by atoms with Crippen molar-refractivity contribution in [1.82, 2.24) is 9.88 Å². The molecule has 4 aromatic rings. The Morgan fingerprint density at radius 2 is 1.67 bits per heavy atom. The highest BCUT2D eigenvalue weighted by Crippen LogP contribution is 2.39. The maximum Gasteiger partial charge on any atom is 0.257 e. The highest BCUT2D eigenvalue weighted by molar-refractivity contribution is 7.22. The van der Waals surface area contributed by atoms with Crippen LogP contribution in [0.3, 0.4) is 0 Å². The van der Waals surface area contributed by atoms with Gasteiger partial charge in [-0.15, -0.1) is 0 Å². The van der Waals surface area contributed by atoms with E-state index in [1.807, 2.05) is 71.6 Å². The van der Waals surface area contributed by atoms with Gasteiger partial charge in [0, 0.05) is 26.2 Å². The molecule has 6 nitrogen and oxygen atoms in total. The van der Waals surface area contributed by atoms with Gasteiger partial charge >= 0.3 is 0 Å². The number of halogens is 1. The van der Waals surface area contributed by atoms with E-state index in [1.165, 1.54) is 0 Å². The third-order valence-corrected chi connectivity index (χ3v) is 7.17. The number of amides is 1. The van der Waals surface area contributed by atoms with Crippen LogP contribution in [0.25, 0.3) is 10.2 Å². The van der Waals surface area contributed by atoms with E-state index in [2.05, 4.69) is 4.90 Å². The topological polar surface area (TPSA) is 54.9 Å². The Labute approximate surface area is 200 Å². The monoisotopic (exact) mass is 479 g/mol. The van der Waals surface area contributed by atoms with Crippen molar-refractivity contribution >= 4 is 44.2 Å². The van der Waals surface area contributed by atoms with Gasteiger partial charge in [-0.05, 0) is 36.4 Å². The fraction of sp³-hybridized carbons (Fsp3) is 0.200. The van der Waals surface area contributed by atoms with Crippen molar-refractivity contribution in [2.75, 3.05) is 38.2 Å². The quantitative estimate of drug-likeness (QED) is 0.367. The smallest absolute Gasteiger partial charge is 0.257 e. The van der Waals surface area contributed by atoms with Gasteiger partial charge in [0.15, 0.2) is 5.13 Å². The van der Waals surface area contributed by atoms with Gasteiger partial charge < -0.3 is 19.3 Å². The summed E-state index contributed by atoms with van der Waals surface area (Å²) in [5.74, 6) is 1.94. The lowest BCUT2D eigenvalue weighted by molar-refractivity contribution is 0.0744. The number of nitrogens with zero attached hydrogens (tertiary/aromatic N) is 3. The first-order chi connectivity index (χ1) is 16.1. The second-order valence-electron chi connectivity index (χ2n) is 7.61. The number of piperazine rings is 1. The first-order valence-corrected chi connectivity index (χ1v) is 11.8. The van der Waals surface area contributed by atoms with Gasteiger partial charge in [-0.25, -0.2) is 4.98 Å². The molecule has 168 valence electrons. The van der Waals surface area contributed by atoms with Crippen LogP contribution >= 0.6 is 22.9 Å². The summed E-state index contributed by atoms with van der Waals surface area (Å²) in [7, 11) is 1.63. The lowest BCUT2D eigenvalue weighted by atomic mass is 10.1. The summed E-state index contributed by atoms with van der Waals surface area (Å²) in [6.07, 6.45) is 0. The molecule has 0 unspecified atom stereocenters. The summed E-state index contributed by atoms with van der Waals surface area (Å²) in [5, 5.41) is 1.55. The Hall–Kier alpha value is -3.29. The molecule has 1 aromatic heterocycles. The molecule has 0 radical (unpaired) electrons. The maximum absolute atomic E-state index is 13.3. The van der Waals surface area contributed by atoms with Crippen LogP contribution in [0.1, 0.15) is 10.4 Å². The molecule has 1 aliphatic rings. The largest absolute Gasteiger partial charge is 0.494 e.